The van der Waals surface area contributed by atoms with Crippen LogP contribution in [0.1, 0.15) is 67.8 Å². The van der Waals surface area contributed by atoms with Gasteiger partial charge in [0, 0.05) is 0 Å². The van der Waals surface area contributed by atoms with E-state index in [1.54, 1.807) is 12.1 Å². The molecule has 0 N–H and O–H groups in total. The van der Waals surface area contributed by atoms with Crippen molar-refractivity contribution in [3.8, 4) is 0 Å². The molecule has 0 bridgehead atoms. The third-order valence-electron chi connectivity index (χ3n) is 4.78. The highest BCUT2D eigenvalue weighted by Crippen LogP contribution is 2.34. The summed E-state index contributed by atoms with van der Waals surface area (Å²) < 4.78 is 14.1. The Morgan fingerprint density at radius 1 is 1.19 bits per heavy atom. The van der Waals surface area contributed by atoms with E-state index in [-0.39, 0.29) is 5.56 Å². The van der Waals surface area contributed by atoms with Crippen molar-refractivity contribution in [3.63, 3.8) is 0 Å². The molecular formula is C18H24ClFO. The van der Waals surface area contributed by atoms with Gasteiger partial charge in [-0.05, 0) is 47.9 Å². The second kappa shape index (κ2) is 7.93. The second-order valence-electron chi connectivity index (χ2n) is 6.27. The zero-order valence-electron chi connectivity index (χ0n) is 12.7. The first-order valence-electron chi connectivity index (χ1n) is 8.09. The van der Waals surface area contributed by atoms with Gasteiger partial charge in [0.15, 0.2) is 0 Å². The Morgan fingerprint density at radius 2 is 1.81 bits per heavy atom. The van der Waals surface area contributed by atoms with E-state index in [0.717, 1.165) is 12.3 Å². The van der Waals surface area contributed by atoms with Gasteiger partial charge < -0.3 is 0 Å². The van der Waals surface area contributed by atoms with Gasteiger partial charge in [-0.15, -0.1) is 0 Å². The lowest BCUT2D eigenvalue weighted by Crippen LogP contribution is -2.15. The fourth-order valence-corrected chi connectivity index (χ4v) is 3.65. The van der Waals surface area contributed by atoms with Crippen LogP contribution in [0.2, 0.25) is 0 Å². The number of halogens is 2. The molecule has 1 saturated carbocycles. The molecule has 0 aromatic heterocycles. The van der Waals surface area contributed by atoms with Crippen LogP contribution in [0.3, 0.4) is 0 Å². The van der Waals surface area contributed by atoms with Crippen molar-refractivity contribution >= 4 is 16.8 Å². The first kappa shape index (κ1) is 16.5. The lowest BCUT2D eigenvalue weighted by atomic mass is 9.78. The van der Waals surface area contributed by atoms with Crippen LogP contribution in [-0.2, 0) is 6.42 Å². The zero-order chi connectivity index (χ0) is 15.2. The van der Waals surface area contributed by atoms with E-state index >= 15 is 0 Å². The summed E-state index contributed by atoms with van der Waals surface area (Å²) in [6, 6.07) is 4.93. The lowest BCUT2D eigenvalue weighted by Gasteiger charge is -2.28. The van der Waals surface area contributed by atoms with Crippen molar-refractivity contribution in [1.82, 2.24) is 0 Å². The molecule has 1 aromatic carbocycles. The van der Waals surface area contributed by atoms with E-state index in [9.17, 15) is 9.18 Å². The van der Waals surface area contributed by atoms with Crippen molar-refractivity contribution in [2.75, 3.05) is 0 Å². The molecule has 3 heteroatoms. The first-order chi connectivity index (χ1) is 10.1. The molecule has 1 fully saturated rings. The predicted octanol–water partition coefficient (Wildman–Crippen LogP) is 5.74. The molecule has 2 rings (SSSR count). The molecule has 0 spiro atoms. The Hall–Kier alpha value is -0.890. The number of aryl methyl sites for hydroxylation is 1. The van der Waals surface area contributed by atoms with Gasteiger partial charge in [-0.1, -0.05) is 57.6 Å². The molecule has 1 aliphatic carbocycles. The Morgan fingerprint density at radius 3 is 2.38 bits per heavy atom. The fourth-order valence-electron chi connectivity index (χ4n) is 3.50. The number of carbonyl (C=O) groups is 1. The lowest BCUT2D eigenvalue weighted by molar-refractivity contribution is 0.107. The third kappa shape index (κ3) is 4.54. The Labute approximate surface area is 131 Å². The van der Waals surface area contributed by atoms with Gasteiger partial charge in [-0.2, -0.15) is 0 Å². The van der Waals surface area contributed by atoms with Gasteiger partial charge in [0.1, 0.15) is 5.82 Å². The summed E-state index contributed by atoms with van der Waals surface area (Å²) in [5.74, 6) is 1.17. The summed E-state index contributed by atoms with van der Waals surface area (Å²) in [5.41, 5.74) is 0.623. The minimum Gasteiger partial charge on any atom is -0.275 e. The summed E-state index contributed by atoms with van der Waals surface area (Å²) in [5, 5.41) is -0.713. The van der Waals surface area contributed by atoms with Crippen LogP contribution in [-0.4, -0.2) is 5.24 Å². The number of carbonyl (C=O) groups excluding carboxylic acids is 1. The Bertz CT molecular complexity index is 478. The van der Waals surface area contributed by atoms with E-state index in [4.69, 9.17) is 11.6 Å². The average molecular weight is 311 g/mol. The minimum absolute atomic E-state index is 0.000760. The highest BCUT2D eigenvalue weighted by atomic mass is 35.5. The van der Waals surface area contributed by atoms with E-state index in [0.29, 0.717) is 17.9 Å². The molecular weight excluding hydrogens is 287 g/mol. The molecule has 1 aliphatic rings. The van der Waals surface area contributed by atoms with E-state index in [1.807, 2.05) is 0 Å². The molecule has 1 aromatic rings. The van der Waals surface area contributed by atoms with Gasteiger partial charge in [-0.3, -0.25) is 4.79 Å². The van der Waals surface area contributed by atoms with Crippen molar-refractivity contribution in [1.29, 1.82) is 0 Å². The quantitative estimate of drug-likeness (QED) is 0.612. The van der Waals surface area contributed by atoms with Gasteiger partial charge >= 0.3 is 0 Å². The monoisotopic (exact) mass is 310 g/mol. The van der Waals surface area contributed by atoms with E-state index < -0.39 is 11.1 Å². The van der Waals surface area contributed by atoms with Crippen molar-refractivity contribution < 1.29 is 9.18 Å². The van der Waals surface area contributed by atoms with E-state index in [2.05, 4.69) is 6.92 Å². The normalized spacial score (nSPS) is 22.2. The molecule has 116 valence electrons. The predicted molar refractivity (Wildman–Crippen MR) is 85.3 cm³/mol. The summed E-state index contributed by atoms with van der Waals surface area (Å²) in [7, 11) is 0. The molecule has 0 atom stereocenters. The van der Waals surface area contributed by atoms with Crippen LogP contribution in [0.25, 0.3) is 0 Å². The number of hydrogen-bond acceptors (Lipinski definition) is 1. The van der Waals surface area contributed by atoms with Crippen LogP contribution >= 0.6 is 11.6 Å². The first-order valence-corrected chi connectivity index (χ1v) is 8.46. The van der Waals surface area contributed by atoms with Gasteiger partial charge in [0.05, 0.1) is 5.56 Å². The minimum atomic E-state index is -0.713. The Kier molecular flexibility index (Phi) is 6.22. The largest absolute Gasteiger partial charge is 0.275 e. The molecule has 0 heterocycles. The van der Waals surface area contributed by atoms with E-state index in [1.165, 1.54) is 44.6 Å². The van der Waals surface area contributed by atoms with Crippen LogP contribution < -0.4 is 0 Å². The van der Waals surface area contributed by atoms with Crippen molar-refractivity contribution in [3.05, 3.63) is 35.1 Å². The number of hydrogen-bond donors (Lipinski definition) is 0. The maximum absolute atomic E-state index is 14.1. The maximum atomic E-state index is 14.1. The summed E-state index contributed by atoms with van der Waals surface area (Å²) >= 11 is 5.40. The average Bonchev–Trinajstić information content (AvgIpc) is 2.48. The van der Waals surface area contributed by atoms with Gasteiger partial charge in [0.2, 0.25) is 0 Å². The molecule has 21 heavy (non-hydrogen) atoms. The smallest absolute Gasteiger partial charge is 0.255 e. The maximum Gasteiger partial charge on any atom is 0.255 e. The summed E-state index contributed by atoms with van der Waals surface area (Å²) in [6.07, 6.45) is 9.51. The highest BCUT2D eigenvalue weighted by Gasteiger charge is 2.21. The van der Waals surface area contributed by atoms with Crippen LogP contribution in [0, 0.1) is 17.7 Å². The molecule has 0 saturated heterocycles. The van der Waals surface area contributed by atoms with Crippen LogP contribution in [0.5, 0.6) is 0 Å². The highest BCUT2D eigenvalue weighted by molar-refractivity contribution is 6.67. The summed E-state index contributed by atoms with van der Waals surface area (Å²) in [6.45, 7) is 2.25. The van der Waals surface area contributed by atoms with Crippen molar-refractivity contribution in [2.24, 2.45) is 11.8 Å². The van der Waals surface area contributed by atoms with Gasteiger partial charge in [0.25, 0.3) is 5.24 Å². The standard InChI is InChI=1S/C18H24ClFO/c1-2-4-13-7-9-14(10-8-13)11-12-15-5-3-6-16(17(15)20)18(19)21/h3,5-6,13-14H,2,4,7-12H2,1H3/t13-,14-. The molecule has 0 amide bonds. The second-order valence-corrected chi connectivity index (χ2v) is 6.61. The van der Waals surface area contributed by atoms with Crippen LogP contribution in [0.15, 0.2) is 18.2 Å². The fraction of sp³-hybridized carbons (Fsp3) is 0.611. The van der Waals surface area contributed by atoms with Gasteiger partial charge in [-0.25, -0.2) is 4.39 Å². The van der Waals surface area contributed by atoms with Crippen LogP contribution in [0.4, 0.5) is 4.39 Å². The molecule has 0 unspecified atom stereocenters. The number of benzene rings is 1. The number of rotatable bonds is 6. The SMILES string of the molecule is CCC[C@H]1CC[C@H](CCc2cccc(C(=O)Cl)c2F)CC1. The van der Waals surface area contributed by atoms with Crippen molar-refractivity contribution in [2.45, 2.75) is 58.3 Å². The molecule has 0 aliphatic heterocycles. The molecule has 0 radical (unpaired) electrons. The Balaban J connectivity index is 1.87. The third-order valence-corrected chi connectivity index (χ3v) is 4.98. The summed E-state index contributed by atoms with van der Waals surface area (Å²) in [4.78, 5) is 11.1. The molecule has 1 nitrogen and oxygen atoms in total. The zero-order valence-corrected chi connectivity index (χ0v) is 13.5. The topological polar surface area (TPSA) is 17.1 Å².